The van der Waals surface area contributed by atoms with Gasteiger partial charge in [0.25, 0.3) is 0 Å². The molecule has 1 rings (SSSR count). The van der Waals surface area contributed by atoms with Crippen LogP contribution in [0.2, 0.25) is 0 Å². The van der Waals surface area contributed by atoms with E-state index in [1.54, 1.807) is 0 Å². The Morgan fingerprint density at radius 1 is 1.35 bits per heavy atom. The molecule has 0 saturated heterocycles. The van der Waals surface area contributed by atoms with Crippen molar-refractivity contribution in [2.75, 3.05) is 11.9 Å². The molecule has 3 N–H and O–H groups in total. The van der Waals surface area contributed by atoms with Crippen LogP contribution in [0.15, 0.2) is 18.2 Å². The highest BCUT2D eigenvalue weighted by Gasteiger charge is 2.04. The van der Waals surface area contributed by atoms with Crippen LogP contribution in [0.25, 0.3) is 0 Å². The van der Waals surface area contributed by atoms with Gasteiger partial charge in [0.05, 0.1) is 0 Å². The number of hydrogen-bond donors (Lipinski definition) is 2. The van der Waals surface area contributed by atoms with Crippen molar-refractivity contribution >= 4 is 34.2 Å². The predicted octanol–water partition coefficient (Wildman–Crippen LogP) is 3.06. The molecule has 0 aliphatic heterocycles. The maximum atomic E-state index is 11.7. The summed E-state index contributed by atoms with van der Waals surface area (Å²) in [6, 6.07) is 6.05. The van der Waals surface area contributed by atoms with Gasteiger partial charge in [0.15, 0.2) is 0 Å². The van der Waals surface area contributed by atoms with E-state index in [0.29, 0.717) is 13.0 Å². The minimum absolute atomic E-state index is 0.0899. The van der Waals surface area contributed by atoms with Crippen LogP contribution >= 0.6 is 22.6 Å². The Morgan fingerprint density at radius 3 is 2.82 bits per heavy atom. The van der Waals surface area contributed by atoms with Crippen LogP contribution in [0.1, 0.15) is 31.2 Å². The van der Waals surface area contributed by atoms with E-state index in [2.05, 4.69) is 27.9 Å². The van der Waals surface area contributed by atoms with Crippen molar-refractivity contribution < 1.29 is 4.79 Å². The number of nitrogens with two attached hydrogens (primary N) is 1. The number of rotatable bonds is 6. The molecule has 4 heteroatoms. The van der Waals surface area contributed by atoms with Crippen LogP contribution in [0.5, 0.6) is 0 Å². The topological polar surface area (TPSA) is 55.1 Å². The summed E-state index contributed by atoms with van der Waals surface area (Å²) < 4.78 is 1.13. The lowest BCUT2D eigenvalue weighted by atomic mass is 10.1. The summed E-state index contributed by atoms with van der Waals surface area (Å²) in [7, 11) is 0. The Kier molecular flexibility index (Phi) is 6.50. The number of carbonyl (C=O) groups excluding carboxylic acids is 1. The van der Waals surface area contributed by atoms with Gasteiger partial charge in [-0.05, 0) is 66.6 Å². The summed E-state index contributed by atoms with van der Waals surface area (Å²) in [6.45, 7) is 2.71. The lowest BCUT2D eigenvalue weighted by Crippen LogP contribution is -2.12. The predicted molar refractivity (Wildman–Crippen MR) is 80.0 cm³/mol. The normalized spacial score (nSPS) is 10.3. The molecule has 94 valence electrons. The summed E-state index contributed by atoms with van der Waals surface area (Å²) >= 11 is 2.24. The minimum atomic E-state index is 0.0899. The number of amides is 1. The van der Waals surface area contributed by atoms with Gasteiger partial charge in [0.2, 0.25) is 5.91 Å². The number of carbonyl (C=O) groups is 1. The van der Waals surface area contributed by atoms with Gasteiger partial charge in [-0.2, -0.15) is 0 Å². The number of benzene rings is 1. The molecule has 1 amide bonds. The zero-order valence-electron chi connectivity index (χ0n) is 10.1. The molecule has 0 radical (unpaired) electrons. The van der Waals surface area contributed by atoms with E-state index in [9.17, 15) is 4.79 Å². The maximum Gasteiger partial charge on any atom is 0.224 e. The van der Waals surface area contributed by atoms with Gasteiger partial charge in [0, 0.05) is 15.7 Å². The highest BCUT2D eigenvalue weighted by Crippen LogP contribution is 2.18. The first-order chi connectivity index (χ1) is 8.13. The Hall–Kier alpha value is -0.620. The SMILES string of the molecule is Cc1ccc(I)cc1NC(=O)CCCCCN. The van der Waals surface area contributed by atoms with E-state index in [1.807, 2.05) is 25.1 Å². The number of unbranched alkanes of at least 4 members (excludes halogenated alkanes) is 2. The van der Waals surface area contributed by atoms with E-state index in [-0.39, 0.29) is 5.91 Å². The monoisotopic (exact) mass is 346 g/mol. The van der Waals surface area contributed by atoms with Crippen LogP contribution in [-0.4, -0.2) is 12.5 Å². The Labute approximate surface area is 116 Å². The van der Waals surface area contributed by atoms with Crippen LogP contribution in [0.3, 0.4) is 0 Å². The van der Waals surface area contributed by atoms with Crippen LogP contribution in [-0.2, 0) is 4.79 Å². The average molecular weight is 346 g/mol. The van der Waals surface area contributed by atoms with Gasteiger partial charge >= 0.3 is 0 Å². The summed E-state index contributed by atoms with van der Waals surface area (Å²) in [6.07, 6.45) is 3.50. The van der Waals surface area contributed by atoms with Gasteiger partial charge < -0.3 is 11.1 Å². The molecule has 0 spiro atoms. The summed E-state index contributed by atoms with van der Waals surface area (Å²) in [4.78, 5) is 11.7. The number of aryl methyl sites for hydroxylation is 1. The number of anilines is 1. The van der Waals surface area contributed by atoms with Gasteiger partial charge in [-0.1, -0.05) is 12.5 Å². The number of hydrogen-bond acceptors (Lipinski definition) is 2. The Morgan fingerprint density at radius 2 is 2.12 bits per heavy atom. The molecule has 3 nitrogen and oxygen atoms in total. The Balaban J connectivity index is 2.42. The molecule has 0 fully saturated rings. The third kappa shape index (κ3) is 5.50. The van der Waals surface area contributed by atoms with Crippen LogP contribution < -0.4 is 11.1 Å². The molecule has 0 aromatic heterocycles. The fraction of sp³-hybridized carbons (Fsp3) is 0.462. The van der Waals surface area contributed by atoms with E-state index in [1.165, 1.54) is 0 Å². The van der Waals surface area contributed by atoms with Gasteiger partial charge in [-0.3, -0.25) is 4.79 Å². The van der Waals surface area contributed by atoms with Gasteiger partial charge in [-0.15, -0.1) is 0 Å². The average Bonchev–Trinajstić information content (AvgIpc) is 2.29. The molecular weight excluding hydrogens is 327 g/mol. The molecule has 0 atom stereocenters. The Bertz CT molecular complexity index is 380. The summed E-state index contributed by atoms with van der Waals surface area (Å²) in [5.41, 5.74) is 7.42. The van der Waals surface area contributed by atoms with E-state index in [0.717, 1.165) is 34.1 Å². The lowest BCUT2D eigenvalue weighted by Gasteiger charge is -2.08. The van der Waals surface area contributed by atoms with Crippen LogP contribution in [0, 0.1) is 10.5 Å². The van der Waals surface area contributed by atoms with Crippen molar-refractivity contribution in [3.63, 3.8) is 0 Å². The first-order valence-electron chi connectivity index (χ1n) is 5.89. The molecular formula is C13H19IN2O. The van der Waals surface area contributed by atoms with Gasteiger partial charge in [-0.25, -0.2) is 0 Å². The minimum Gasteiger partial charge on any atom is -0.330 e. The molecule has 0 bridgehead atoms. The van der Waals surface area contributed by atoms with Crippen molar-refractivity contribution in [3.05, 3.63) is 27.3 Å². The second kappa shape index (κ2) is 7.66. The summed E-state index contributed by atoms with van der Waals surface area (Å²) in [5, 5.41) is 2.95. The van der Waals surface area contributed by atoms with Crippen molar-refractivity contribution in [3.8, 4) is 0 Å². The fourth-order valence-electron chi connectivity index (χ4n) is 1.55. The molecule has 1 aromatic carbocycles. The molecule has 0 aliphatic carbocycles. The van der Waals surface area contributed by atoms with Crippen molar-refractivity contribution in [2.45, 2.75) is 32.6 Å². The van der Waals surface area contributed by atoms with Crippen LogP contribution in [0.4, 0.5) is 5.69 Å². The lowest BCUT2D eigenvalue weighted by molar-refractivity contribution is -0.116. The smallest absolute Gasteiger partial charge is 0.224 e. The molecule has 1 aromatic rings. The quantitative estimate of drug-likeness (QED) is 0.614. The molecule has 17 heavy (non-hydrogen) atoms. The van der Waals surface area contributed by atoms with Crippen molar-refractivity contribution in [1.82, 2.24) is 0 Å². The summed E-state index contributed by atoms with van der Waals surface area (Å²) in [5.74, 6) is 0.0899. The largest absolute Gasteiger partial charge is 0.330 e. The molecule has 0 heterocycles. The third-order valence-electron chi connectivity index (χ3n) is 2.58. The zero-order valence-corrected chi connectivity index (χ0v) is 12.3. The number of halogens is 1. The highest BCUT2D eigenvalue weighted by atomic mass is 127. The zero-order chi connectivity index (χ0) is 12.7. The first-order valence-corrected chi connectivity index (χ1v) is 6.97. The maximum absolute atomic E-state index is 11.7. The first kappa shape index (κ1) is 14.4. The molecule has 0 unspecified atom stereocenters. The second-order valence-corrected chi connectivity index (χ2v) is 5.35. The van der Waals surface area contributed by atoms with E-state index in [4.69, 9.17) is 5.73 Å². The van der Waals surface area contributed by atoms with Crippen molar-refractivity contribution in [1.29, 1.82) is 0 Å². The molecule has 0 aliphatic rings. The molecule has 0 saturated carbocycles. The highest BCUT2D eigenvalue weighted by molar-refractivity contribution is 14.1. The number of nitrogens with one attached hydrogen (secondary N) is 1. The standard InChI is InChI=1S/C13H19IN2O/c1-10-6-7-11(14)9-12(10)16-13(17)5-3-2-4-8-15/h6-7,9H,2-5,8,15H2,1H3,(H,16,17). The second-order valence-electron chi connectivity index (χ2n) is 4.11. The van der Waals surface area contributed by atoms with E-state index >= 15 is 0 Å². The fourth-order valence-corrected chi connectivity index (χ4v) is 2.04. The van der Waals surface area contributed by atoms with E-state index < -0.39 is 0 Å². The van der Waals surface area contributed by atoms with Gasteiger partial charge in [0.1, 0.15) is 0 Å². The van der Waals surface area contributed by atoms with Crippen molar-refractivity contribution in [2.24, 2.45) is 5.73 Å². The third-order valence-corrected chi connectivity index (χ3v) is 3.25.